The number of hydrogen-bond donors (Lipinski definition) is 0. The number of alkyl halides is 4. The molecule has 2 aliphatic rings. The van der Waals surface area contributed by atoms with Crippen LogP contribution in [0.1, 0.15) is 36.9 Å². The van der Waals surface area contributed by atoms with Crippen LogP contribution in [0.2, 0.25) is 0 Å². The van der Waals surface area contributed by atoms with Crippen molar-refractivity contribution in [1.29, 1.82) is 0 Å². The molecule has 1 unspecified atom stereocenters. The molecular formula is C22H21F4N5. The van der Waals surface area contributed by atoms with E-state index in [2.05, 4.69) is 15.0 Å². The van der Waals surface area contributed by atoms with Crippen LogP contribution < -0.4 is 9.80 Å². The summed E-state index contributed by atoms with van der Waals surface area (Å²) in [5.41, 5.74) is 0.934. The summed E-state index contributed by atoms with van der Waals surface area (Å²) < 4.78 is 56.0. The van der Waals surface area contributed by atoms with Crippen LogP contribution in [-0.2, 0) is 5.92 Å². The number of pyridine rings is 1. The molecule has 2 fully saturated rings. The lowest BCUT2D eigenvalue weighted by Crippen LogP contribution is -2.43. The highest BCUT2D eigenvalue weighted by atomic mass is 19.3. The Bertz CT molecular complexity index is 1130. The number of rotatable bonds is 4. The summed E-state index contributed by atoms with van der Waals surface area (Å²) in [4.78, 5) is 16.7. The number of halogens is 4. The van der Waals surface area contributed by atoms with Gasteiger partial charge in [-0.25, -0.2) is 22.5 Å². The average Bonchev–Trinajstić information content (AvgIpc) is 3.06. The zero-order valence-corrected chi connectivity index (χ0v) is 16.9. The number of benzene rings is 1. The highest BCUT2D eigenvalue weighted by Gasteiger charge is 2.41. The fraction of sp³-hybridized carbons (Fsp3) is 0.409. The first-order valence-corrected chi connectivity index (χ1v) is 10.2. The topological polar surface area (TPSA) is 45.2 Å². The summed E-state index contributed by atoms with van der Waals surface area (Å²) in [6, 6.07) is 9.80. The zero-order chi connectivity index (χ0) is 21.8. The van der Waals surface area contributed by atoms with Crippen LogP contribution in [0.25, 0.3) is 11.0 Å². The lowest BCUT2D eigenvalue weighted by Gasteiger charge is -2.44. The maximum atomic E-state index is 14.2. The Hall–Kier alpha value is -2.97. The molecule has 1 atom stereocenters. The van der Waals surface area contributed by atoms with Crippen molar-refractivity contribution in [1.82, 2.24) is 15.0 Å². The second kappa shape index (κ2) is 7.03. The summed E-state index contributed by atoms with van der Waals surface area (Å²) in [5.74, 6) is -5.03. The molecule has 2 saturated heterocycles. The summed E-state index contributed by atoms with van der Waals surface area (Å²) in [7, 11) is 0. The van der Waals surface area contributed by atoms with Crippen LogP contribution in [-0.4, -0.2) is 40.5 Å². The van der Waals surface area contributed by atoms with Gasteiger partial charge in [0.2, 0.25) is 5.95 Å². The van der Waals surface area contributed by atoms with Gasteiger partial charge in [-0.1, -0.05) is 24.3 Å². The number of aromatic nitrogens is 3. The van der Waals surface area contributed by atoms with Gasteiger partial charge in [0, 0.05) is 38.2 Å². The molecule has 3 aromatic rings. The predicted molar refractivity (Wildman–Crippen MR) is 110 cm³/mol. The van der Waals surface area contributed by atoms with E-state index in [0.29, 0.717) is 35.4 Å². The second-order valence-electron chi connectivity index (χ2n) is 8.22. The molecule has 5 nitrogen and oxygen atoms in total. The maximum absolute atomic E-state index is 14.2. The number of hydrogen-bond acceptors (Lipinski definition) is 5. The second-order valence-corrected chi connectivity index (χ2v) is 8.22. The van der Waals surface area contributed by atoms with Crippen LogP contribution in [0, 0.1) is 0 Å². The molecule has 0 N–H and O–H groups in total. The quantitative estimate of drug-likeness (QED) is 0.548. The molecule has 0 aliphatic carbocycles. The average molecular weight is 431 g/mol. The Morgan fingerprint density at radius 2 is 1.87 bits per heavy atom. The van der Waals surface area contributed by atoms with Gasteiger partial charge in [0.1, 0.15) is 5.82 Å². The Balaban J connectivity index is 1.58. The zero-order valence-electron chi connectivity index (χ0n) is 16.9. The van der Waals surface area contributed by atoms with Crippen LogP contribution >= 0.6 is 0 Å². The first-order valence-electron chi connectivity index (χ1n) is 10.2. The van der Waals surface area contributed by atoms with E-state index < -0.39 is 18.4 Å². The monoisotopic (exact) mass is 431 g/mol. The molecule has 0 amide bonds. The van der Waals surface area contributed by atoms with Gasteiger partial charge in [-0.05, 0) is 24.1 Å². The Kier molecular flexibility index (Phi) is 4.53. The highest BCUT2D eigenvalue weighted by Crippen LogP contribution is 2.44. The number of fused-ring (bicyclic) bond motifs is 1. The number of anilines is 2. The maximum Gasteiger partial charge on any atom is 0.270 e. The summed E-state index contributed by atoms with van der Waals surface area (Å²) in [6.07, 6.45) is 2.02. The van der Waals surface area contributed by atoms with Crippen LogP contribution in [0.15, 0.2) is 42.6 Å². The van der Waals surface area contributed by atoms with Crippen molar-refractivity contribution in [3.63, 3.8) is 0 Å². The standard InChI is InChI=1S/C22H21F4N5/c1-21(23,24)16-7-3-2-5-14(16)17-8-11-31(17)19-15-6-4-10-27-18(15)28-20(29-19)30-12-9-22(25,26)13-30/h2-7,10,17H,8-9,11-13H2,1H3. The van der Waals surface area contributed by atoms with Gasteiger partial charge >= 0.3 is 0 Å². The predicted octanol–water partition coefficient (Wildman–Crippen LogP) is 4.93. The third kappa shape index (κ3) is 3.55. The summed E-state index contributed by atoms with van der Waals surface area (Å²) in [5, 5.41) is 0.669. The molecule has 0 saturated carbocycles. The molecule has 2 aliphatic heterocycles. The van der Waals surface area contributed by atoms with E-state index in [1.165, 1.54) is 11.0 Å². The minimum atomic E-state index is -2.97. The van der Waals surface area contributed by atoms with Crippen molar-refractivity contribution in [2.24, 2.45) is 0 Å². The van der Waals surface area contributed by atoms with Crippen molar-refractivity contribution in [3.8, 4) is 0 Å². The third-order valence-electron chi connectivity index (χ3n) is 5.98. The molecule has 1 aromatic carbocycles. The molecule has 9 heteroatoms. The van der Waals surface area contributed by atoms with Crippen LogP contribution in [0.5, 0.6) is 0 Å². The summed E-state index contributed by atoms with van der Waals surface area (Å²) >= 11 is 0. The molecule has 0 bridgehead atoms. The largest absolute Gasteiger partial charge is 0.349 e. The molecular weight excluding hydrogens is 410 g/mol. The van der Waals surface area contributed by atoms with Crippen molar-refractivity contribution in [2.45, 2.75) is 37.7 Å². The van der Waals surface area contributed by atoms with E-state index in [1.54, 1.807) is 30.5 Å². The third-order valence-corrected chi connectivity index (χ3v) is 5.98. The van der Waals surface area contributed by atoms with E-state index >= 15 is 0 Å². The van der Waals surface area contributed by atoms with E-state index in [-0.39, 0.29) is 30.5 Å². The molecule has 0 radical (unpaired) electrons. The van der Waals surface area contributed by atoms with E-state index in [1.807, 2.05) is 11.0 Å². The lowest BCUT2D eigenvalue weighted by molar-refractivity contribution is 0.0158. The van der Waals surface area contributed by atoms with Crippen molar-refractivity contribution in [2.75, 3.05) is 29.4 Å². The number of nitrogens with zero attached hydrogens (tertiary/aromatic N) is 5. The SMILES string of the molecule is CC(F)(F)c1ccccc1C1CCN1c1nc(N2CCC(F)(F)C2)nc2ncccc12. The van der Waals surface area contributed by atoms with Crippen molar-refractivity contribution in [3.05, 3.63) is 53.7 Å². The Morgan fingerprint density at radius 1 is 1.06 bits per heavy atom. The molecule has 162 valence electrons. The Morgan fingerprint density at radius 3 is 2.55 bits per heavy atom. The van der Waals surface area contributed by atoms with Gasteiger partial charge in [-0.15, -0.1) is 0 Å². The minimum absolute atomic E-state index is 0.0133. The normalized spacial score (nSPS) is 20.9. The van der Waals surface area contributed by atoms with Gasteiger partial charge in [-0.2, -0.15) is 9.97 Å². The molecule has 4 heterocycles. The molecule has 0 spiro atoms. The van der Waals surface area contributed by atoms with Gasteiger partial charge in [0.05, 0.1) is 18.0 Å². The van der Waals surface area contributed by atoms with Gasteiger partial charge in [-0.3, -0.25) is 0 Å². The highest BCUT2D eigenvalue weighted by molar-refractivity contribution is 5.88. The van der Waals surface area contributed by atoms with Crippen LogP contribution in [0.3, 0.4) is 0 Å². The first-order chi connectivity index (χ1) is 14.7. The fourth-order valence-electron chi connectivity index (χ4n) is 4.35. The van der Waals surface area contributed by atoms with Crippen molar-refractivity contribution < 1.29 is 17.6 Å². The van der Waals surface area contributed by atoms with E-state index in [9.17, 15) is 17.6 Å². The smallest absolute Gasteiger partial charge is 0.270 e. The molecule has 31 heavy (non-hydrogen) atoms. The summed E-state index contributed by atoms with van der Waals surface area (Å²) in [6.45, 7) is 1.22. The van der Waals surface area contributed by atoms with Gasteiger partial charge < -0.3 is 9.80 Å². The van der Waals surface area contributed by atoms with E-state index in [4.69, 9.17) is 0 Å². The first kappa shape index (κ1) is 20.0. The Labute approximate surface area is 176 Å². The van der Waals surface area contributed by atoms with Gasteiger partial charge in [0.15, 0.2) is 5.65 Å². The van der Waals surface area contributed by atoms with Crippen molar-refractivity contribution >= 4 is 22.8 Å². The molecule has 5 rings (SSSR count). The molecule has 2 aromatic heterocycles. The minimum Gasteiger partial charge on any atom is -0.349 e. The lowest BCUT2D eigenvalue weighted by atomic mass is 9.89. The van der Waals surface area contributed by atoms with Crippen LogP contribution in [0.4, 0.5) is 29.3 Å². The van der Waals surface area contributed by atoms with E-state index in [0.717, 1.165) is 6.92 Å². The fourth-order valence-corrected chi connectivity index (χ4v) is 4.35. The van der Waals surface area contributed by atoms with Gasteiger partial charge in [0.25, 0.3) is 11.8 Å².